The summed E-state index contributed by atoms with van der Waals surface area (Å²) in [7, 11) is 0. The summed E-state index contributed by atoms with van der Waals surface area (Å²) < 4.78 is 1.58. The number of anilines is 1. The highest BCUT2D eigenvalue weighted by Crippen LogP contribution is 2.20. The van der Waals surface area contributed by atoms with E-state index in [1.807, 2.05) is 30.3 Å². The molecule has 0 amide bonds. The van der Waals surface area contributed by atoms with Crippen molar-refractivity contribution in [3.8, 4) is 5.69 Å². The number of hydrogen-bond acceptors (Lipinski definition) is 4. The lowest BCUT2D eigenvalue weighted by Gasteiger charge is -2.05. The third-order valence-electron chi connectivity index (χ3n) is 4.21. The molecule has 6 heteroatoms. The third kappa shape index (κ3) is 2.60. The van der Waals surface area contributed by atoms with Crippen molar-refractivity contribution in [2.45, 2.75) is 25.7 Å². The number of hydrogen-bond donors (Lipinski definition) is 2. The van der Waals surface area contributed by atoms with Crippen molar-refractivity contribution in [1.29, 1.82) is 0 Å². The van der Waals surface area contributed by atoms with E-state index in [1.165, 1.54) is 0 Å². The average Bonchev–Trinajstić information content (AvgIpc) is 3.30. The standard InChI is InChI=1S/C17H19N5O/c23-17-15(13-8-4-10-18-13)16(20-14-9-5-11-19-14)21-22(17)12-6-2-1-3-7-12/h1-3,6-7,21H,4-5,8-11H2,(H,19,20). The zero-order valence-corrected chi connectivity index (χ0v) is 12.9. The van der Waals surface area contributed by atoms with Gasteiger partial charge < -0.3 is 5.32 Å². The van der Waals surface area contributed by atoms with Gasteiger partial charge in [0.25, 0.3) is 5.56 Å². The van der Waals surface area contributed by atoms with Gasteiger partial charge in [0.2, 0.25) is 0 Å². The van der Waals surface area contributed by atoms with Crippen molar-refractivity contribution >= 4 is 17.4 Å². The van der Waals surface area contributed by atoms with Gasteiger partial charge in [0, 0.05) is 19.5 Å². The quantitative estimate of drug-likeness (QED) is 0.913. The minimum atomic E-state index is -0.0575. The zero-order chi connectivity index (χ0) is 15.6. The van der Waals surface area contributed by atoms with Crippen LogP contribution in [0.15, 0.2) is 45.1 Å². The van der Waals surface area contributed by atoms with Gasteiger partial charge in [-0.1, -0.05) is 18.2 Å². The molecule has 6 nitrogen and oxygen atoms in total. The van der Waals surface area contributed by atoms with Crippen LogP contribution in [0.4, 0.5) is 5.82 Å². The van der Waals surface area contributed by atoms with Crippen LogP contribution in [0.2, 0.25) is 0 Å². The van der Waals surface area contributed by atoms with Gasteiger partial charge in [0.1, 0.15) is 17.2 Å². The maximum atomic E-state index is 12.9. The molecular weight excluding hydrogens is 290 g/mol. The van der Waals surface area contributed by atoms with Crippen LogP contribution in [0, 0.1) is 0 Å². The number of nitrogens with one attached hydrogen (secondary N) is 2. The number of H-pyrrole nitrogens is 1. The van der Waals surface area contributed by atoms with E-state index in [9.17, 15) is 4.79 Å². The Hall–Kier alpha value is -2.63. The molecule has 3 heterocycles. The maximum absolute atomic E-state index is 12.9. The molecule has 1 aromatic carbocycles. The van der Waals surface area contributed by atoms with Crippen LogP contribution in [0.5, 0.6) is 0 Å². The Morgan fingerprint density at radius 2 is 1.83 bits per heavy atom. The van der Waals surface area contributed by atoms with E-state index in [2.05, 4.69) is 20.4 Å². The predicted octanol–water partition coefficient (Wildman–Crippen LogP) is 2.35. The van der Waals surface area contributed by atoms with E-state index < -0.39 is 0 Å². The van der Waals surface area contributed by atoms with Crippen molar-refractivity contribution in [3.05, 3.63) is 46.2 Å². The number of aliphatic imine (C=N–C) groups is 2. The normalized spacial score (nSPS) is 17.2. The zero-order valence-electron chi connectivity index (χ0n) is 12.9. The molecule has 1 aromatic heterocycles. The molecule has 0 bridgehead atoms. The lowest BCUT2D eigenvalue weighted by atomic mass is 10.1. The smallest absolute Gasteiger partial charge is 0.282 e. The van der Waals surface area contributed by atoms with Crippen molar-refractivity contribution in [1.82, 2.24) is 9.78 Å². The fourth-order valence-electron chi connectivity index (χ4n) is 3.08. The number of para-hydroxylation sites is 1. The molecule has 23 heavy (non-hydrogen) atoms. The van der Waals surface area contributed by atoms with E-state index in [4.69, 9.17) is 0 Å². The summed E-state index contributed by atoms with van der Waals surface area (Å²) >= 11 is 0. The Bertz CT molecular complexity index is 828. The topological polar surface area (TPSA) is 74.5 Å². The van der Waals surface area contributed by atoms with Gasteiger partial charge in [0.05, 0.1) is 11.4 Å². The Kier molecular flexibility index (Phi) is 3.57. The number of aromatic nitrogens is 2. The minimum absolute atomic E-state index is 0.0575. The Balaban J connectivity index is 1.81. The highest BCUT2D eigenvalue weighted by molar-refractivity contribution is 6.08. The van der Waals surface area contributed by atoms with Crippen LogP contribution < -0.4 is 10.9 Å². The second-order valence-electron chi connectivity index (χ2n) is 5.83. The Morgan fingerprint density at radius 3 is 2.52 bits per heavy atom. The molecule has 2 aliphatic heterocycles. The molecule has 0 saturated carbocycles. The summed E-state index contributed by atoms with van der Waals surface area (Å²) in [6.07, 6.45) is 3.83. The Labute approximate surface area is 134 Å². The number of rotatable bonds is 3. The fraction of sp³-hybridized carbons (Fsp3) is 0.353. The number of aromatic amines is 1. The second kappa shape index (κ2) is 5.87. The van der Waals surface area contributed by atoms with Gasteiger partial charge in [0.15, 0.2) is 0 Å². The number of benzene rings is 1. The van der Waals surface area contributed by atoms with E-state index >= 15 is 0 Å². The van der Waals surface area contributed by atoms with Gasteiger partial charge in [-0.25, -0.2) is 4.68 Å². The monoisotopic (exact) mass is 309 g/mol. The minimum Gasteiger partial charge on any atom is -0.329 e. The number of amidine groups is 1. The first-order valence-corrected chi connectivity index (χ1v) is 8.07. The number of nitrogens with zero attached hydrogens (tertiary/aromatic N) is 3. The van der Waals surface area contributed by atoms with Crippen LogP contribution in [-0.2, 0) is 0 Å². The van der Waals surface area contributed by atoms with Crippen LogP contribution >= 0.6 is 0 Å². The molecular formula is C17H19N5O. The van der Waals surface area contributed by atoms with Crippen LogP contribution in [0.1, 0.15) is 31.2 Å². The van der Waals surface area contributed by atoms with Gasteiger partial charge in [-0.15, -0.1) is 0 Å². The molecule has 0 fully saturated rings. The molecule has 0 atom stereocenters. The van der Waals surface area contributed by atoms with Crippen molar-refractivity contribution in [3.63, 3.8) is 0 Å². The predicted molar refractivity (Wildman–Crippen MR) is 92.2 cm³/mol. The fourth-order valence-corrected chi connectivity index (χ4v) is 3.08. The summed E-state index contributed by atoms with van der Waals surface area (Å²) in [4.78, 5) is 21.9. The van der Waals surface area contributed by atoms with E-state index in [1.54, 1.807) is 4.68 Å². The lowest BCUT2D eigenvalue weighted by Crippen LogP contribution is -2.20. The van der Waals surface area contributed by atoms with E-state index in [0.717, 1.165) is 56.0 Å². The first-order chi connectivity index (χ1) is 11.3. The summed E-state index contributed by atoms with van der Waals surface area (Å²) in [6.45, 7) is 1.65. The SMILES string of the molecule is O=c1c(C2=NCCC2)c(NC2=NCCC2)[nH]n1-c1ccccc1. The van der Waals surface area contributed by atoms with Crippen LogP contribution in [0.25, 0.3) is 5.69 Å². The first-order valence-electron chi connectivity index (χ1n) is 8.07. The highest BCUT2D eigenvalue weighted by atomic mass is 16.1. The molecule has 4 rings (SSSR count). The van der Waals surface area contributed by atoms with Crippen LogP contribution in [-0.4, -0.2) is 34.4 Å². The van der Waals surface area contributed by atoms with E-state index in [-0.39, 0.29) is 5.56 Å². The van der Waals surface area contributed by atoms with E-state index in [0.29, 0.717) is 11.4 Å². The summed E-state index contributed by atoms with van der Waals surface area (Å²) in [6, 6.07) is 9.60. The summed E-state index contributed by atoms with van der Waals surface area (Å²) in [5.74, 6) is 1.64. The Morgan fingerprint density at radius 1 is 1.04 bits per heavy atom. The molecule has 0 spiro atoms. The summed E-state index contributed by atoms with van der Waals surface area (Å²) in [5.41, 5.74) is 2.31. The maximum Gasteiger partial charge on any atom is 0.282 e. The van der Waals surface area contributed by atoms with Gasteiger partial charge in [-0.3, -0.25) is 19.9 Å². The molecule has 118 valence electrons. The lowest BCUT2D eigenvalue weighted by molar-refractivity contribution is 0.852. The molecule has 0 aliphatic carbocycles. The molecule has 2 aromatic rings. The highest BCUT2D eigenvalue weighted by Gasteiger charge is 2.23. The van der Waals surface area contributed by atoms with Crippen LogP contribution in [0.3, 0.4) is 0 Å². The van der Waals surface area contributed by atoms with Gasteiger partial charge in [-0.05, 0) is 31.4 Å². The second-order valence-corrected chi connectivity index (χ2v) is 5.83. The molecule has 0 saturated heterocycles. The van der Waals surface area contributed by atoms with Crippen molar-refractivity contribution < 1.29 is 0 Å². The molecule has 0 radical (unpaired) electrons. The average molecular weight is 309 g/mol. The molecule has 2 N–H and O–H groups in total. The molecule has 2 aliphatic rings. The van der Waals surface area contributed by atoms with Gasteiger partial charge in [-0.2, -0.15) is 0 Å². The van der Waals surface area contributed by atoms with Crippen molar-refractivity contribution in [2.24, 2.45) is 9.98 Å². The summed E-state index contributed by atoms with van der Waals surface area (Å²) in [5, 5.41) is 6.51. The van der Waals surface area contributed by atoms with Crippen molar-refractivity contribution in [2.75, 3.05) is 18.4 Å². The first kappa shape index (κ1) is 14.0. The molecule has 0 unspecified atom stereocenters. The largest absolute Gasteiger partial charge is 0.329 e. The van der Waals surface area contributed by atoms with Gasteiger partial charge >= 0.3 is 0 Å². The third-order valence-corrected chi connectivity index (χ3v) is 4.21.